The van der Waals surface area contributed by atoms with Crippen molar-refractivity contribution in [2.45, 2.75) is 26.8 Å². The Bertz CT molecular complexity index is 609. The maximum atomic E-state index is 11.9. The lowest BCUT2D eigenvalue weighted by atomic mass is 10.2. The molecule has 1 amide bonds. The SMILES string of the molecule is Cc1cc(C)n(CCCNC(=O)c2cnccc2Cl)n1. The van der Waals surface area contributed by atoms with Crippen LogP contribution in [0.1, 0.15) is 28.2 Å². The second-order valence-electron chi connectivity index (χ2n) is 4.62. The maximum absolute atomic E-state index is 11.9. The summed E-state index contributed by atoms with van der Waals surface area (Å²) < 4.78 is 1.94. The fraction of sp³-hybridized carbons (Fsp3) is 0.357. The molecule has 2 aromatic rings. The monoisotopic (exact) mass is 292 g/mol. The Morgan fingerprint density at radius 3 is 2.90 bits per heavy atom. The summed E-state index contributed by atoms with van der Waals surface area (Å²) in [5, 5.41) is 7.62. The van der Waals surface area contributed by atoms with E-state index in [0.717, 1.165) is 24.4 Å². The number of nitrogens with one attached hydrogen (secondary N) is 1. The van der Waals surface area contributed by atoms with Crippen LogP contribution in [0.5, 0.6) is 0 Å². The van der Waals surface area contributed by atoms with Gasteiger partial charge >= 0.3 is 0 Å². The van der Waals surface area contributed by atoms with Crippen molar-refractivity contribution < 1.29 is 4.79 Å². The van der Waals surface area contributed by atoms with Crippen molar-refractivity contribution in [1.82, 2.24) is 20.1 Å². The van der Waals surface area contributed by atoms with Crippen molar-refractivity contribution in [2.24, 2.45) is 0 Å². The van der Waals surface area contributed by atoms with Gasteiger partial charge in [-0.3, -0.25) is 14.5 Å². The molecule has 5 nitrogen and oxygen atoms in total. The third kappa shape index (κ3) is 3.57. The summed E-state index contributed by atoms with van der Waals surface area (Å²) in [6.07, 6.45) is 3.84. The molecule has 0 saturated carbocycles. The lowest BCUT2D eigenvalue weighted by molar-refractivity contribution is 0.0952. The summed E-state index contributed by atoms with van der Waals surface area (Å²) in [4.78, 5) is 15.8. The molecular weight excluding hydrogens is 276 g/mol. The van der Waals surface area contributed by atoms with Crippen LogP contribution in [0.25, 0.3) is 0 Å². The fourth-order valence-corrected chi connectivity index (χ4v) is 2.16. The minimum absolute atomic E-state index is 0.198. The molecule has 0 spiro atoms. The molecule has 2 heterocycles. The second kappa shape index (κ2) is 6.52. The number of aryl methyl sites for hydroxylation is 3. The molecule has 0 aliphatic heterocycles. The number of carbonyl (C=O) groups is 1. The Labute approximate surface area is 123 Å². The van der Waals surface area contributed by atoms with Gasteiger partial charge in [0.05, 0.1) is 16.3 Å². The fourth-order valence-electron chi connectivity index (χ4n) is 1.97. The summed E-state index contributed by atoms with van der Waals surface area (Å²) in [7, 11) is 0. The third-order valence-electron chi connectivity index (χ3n) is 2.95. The van der Waals surface area contributed by atoms with E-state index in [1.807, 2.05) is 24.6 Å². The molecule has 1 N–H and O–H groups in total. The van der Waals surface area contributed by atoms with Gasteiger partial charge in [-0.2, -0.15) is 5.10 Å². The predicted molar refractivity (Wildman–Crippen MR) is 77.9 cm³/mol. The highest BCUT2D eigenvalue weighted by Crippen LogP contribution is 2.12. The Balaban J connectivity index is 1.80. The highest BCUT2D eigenvalue weighted by molar-refractivity contribution is 6.33. The number of halogens is 1. The van der Waals surface area contributed by atoms with Crippen molar-refractivity contribution in [3.8, 4) is 0 Å². The van der Waals surface area contributed by atoms with E-state index in [9.17, 15) is 4.79 Å². The first kappa shape index (κ1) is 14.5. The van der Waals surface area contributed by atoms with Crippen LogP contribution >= 0.6 is 11.6 Å². The number of nitrogens with zero attached hydrogens (tertiary/aromatic N) is 3. The van der Waals surface area contributed by atoms with E-state index < -0.39 is 0 Å². The summed E-state index contributed by atoms with van der Waals surface area (Å²) in [5.41, 5.74) is 2.54. The Morgan fingerprint density at radius 1 is 1.45 bits per heavy atom. The smallest absolute Gasteiger partial charge is 0.254 e. The van der Waals surface area contributed by atoms with Gasteiger partial charge in [0.1, 0.15) is 0 Å². The predicted octanol–water partition coefficient (Wildman–Crippen LogP) is 2.37. The number of pyridine rings is 1. The zero-order chi connectivity index (χ0) is 14.5. The Hall–Kier alpha value is -1.88. The normalized spacial score (nSPS) is 10.6. The average Bonchev–Trinajstić information content (AvgIpc) is 2.73. The molecule has 6 heteroatoms. The molecule has 0 radical (unpaired) electrons. The van der Waals surface area contributed by atoms with Crippen molar-refractivity contribution in [3.05, 3.63) is 46.5 Å². The number of hydrogen-bond donors (Lipinski definition) is 1. The molecule has 0 bridgehead atoms. The van der Waals surface area contributed by atoms with E-state index in [4.69, 9.17) is 11.6 Å². The van der Waals surface area contributed by atoms with Gasteiger partial charge in [0, 0.05) is 31.2 Å². The van der Waals surface area contributed by atoms with Crippen LogP contribution < -0.4 is 5.32 Å². The van der Waals surface area contributed by atoms with E-state index >= 15 is 0 Å². The molecule has 0 unspecified atom stereocenters. The quantitative estimate of drug-likeness (QED) is 0.861. The molecule has 0 fully saturated rings. The van der Waals surface area contributed by atoms with Gasteiger partial charge in [-0.25, -0.2) is 0 Å². The molecular formula is C14H17ClN4O. The van der Waals surface area contributed by atoms with Crippen LogP contribution in [0, 0.1) is 13.8 Å². The highest BCUT2D eigenvalue weighted by atomic mass is 35.5. The van der Waals surface area contributed by atoms with Gasteiger partial charge < -0.3 is 5.32 Å². The van der Waals surface area contributed by atoms with Crippen molar-refractivity contribution >= 4 is 17.5 Å². The van der Waals surface area contributed by atoms with Crippen LogP contribution in [-0.2, 0) is 6.54 Å². The Kier molecular flexibility index (Phi) is 4.74. The van der Waals surface area contributed by atoms with E-state index in [-0.39, 0.29) is 5.91 Å². The average molecular weight is 293 g/mol. The van der Waals surface area contributed by atoms with Crippen LogP contribution in [0.2, 0.25) is 5.02 Å². The number of amides is 1. The first-order valence-corrected chi connectivity index (χ1v) is 6.84. The van der Waals surface area contributed by atoms with E-state index in [2.05, 4.69) is 15.4 Å². The molecule has 106 valence electrons. The zero-order valence-corrected chi connectivity index (χ0v) is 12.3. The minimum atomic E-state index is -0.198. The lowest BCUT2D eigenvalue weighted by Crippen LogP contribution is -2.25. The second-order valence-corrected chi connectivity index (χ2v) is 5.02. The van der Waals surface area contributed by atoms with Crippen LogP contribution in [0.3, 0.4) is 0 Å². The van der Waals surface area contributed by atoms with Gasteiger partial charge in [-0.05, 0) is 32.4 Å². The minimum Gasteiger partial charge on any atom is -0.352 e. The van der Waals surface area contributed by atoms with E-state index in [1.54, 1.807) is 12.3 Å². The summed E-state index contributed by atoms with van der Waals surface area (Å²) in [5.74, 6) is -0.198. The van der Waals surface area contributed by atoms with Crippen LogP contribution in [0.15, 0.2) is 24.5 Å². The van der Waals surface area contributed by atoms with Gasteiger partial charge in [-0.15, -0.1) is 0 Å². The van der Waals surface area contributed by atoms with Crippen LogP contribution in [-0.4, -0.2) is 27.2 Å². The number of aromatic nitrogens is 3. The number of carbonyl (C=O) groups excluding carboxylic acids is 1. The largest absolute Gasteiger partial charge is 0.352 e. The van der Waals surface area contributed by atoms with Crippen molar-refractivity contribution in [2.75, 3.05) is 6.54 Å². The van der Waals surface area contributed by atoms with Crippen LogP contribution in [0.4, 0.5) is 0 Å². The third-order valence-corrected chi connectivity index (χ3v) is 3.28. The molecule has 0 aromatic carbocycles. The highest BCUT2D eigenvalue weighted by Gasteiger charge is 2.09. The van der Waals surface area contributed by atoms with Gasteiger partial charge in [0.25, 0.3) is 5.91 Å². The molecule has 0 saturated heterocycles. The molecule has 2 rings (SSSR count). The van der Waals surface area contributed by atoms with Gasteiger partial charge in [-0.1, -0.05) is 11.6 Å². The summed E-state index contributed by atoms with van der Waals surface area (Å²) >= 11 is 5.94. The van der Waals surface area contributed by atoms with E-state index in [0.29, 0.717) is 17.1 Å². The number of rotatable bonds is 5. The summed E-state index contributed by atoms with van der Waals surface area (Å²) in [6.45, 7) is 5.34. The number of hydrogen-bond acceptors (Lipinski definition) is 3. The lowest BCUT2D eigenvalue weighted by Gasteiger charge is -2.07. The first-order valence-electron chi connectivity index (χ1n) is 6.46. The maximum Gasteiger partial charge on any atom is 0.254 e. The van der Waals surface area contributed by atoms with Crippen molar-refractivity contribution in [3.63, 3.8) is 0 Å². The van der Waals surface area contributed by atoms with Crippen molar-refractivity contribution in [1.29, 1.82) is 0 Å². The van der Waals surface area contributed by atoms with E-state index in [1.165, 1.54) is 6.20 Å². The van der Waals surface area contributed by atoms with Gasteiger partial charge in [0.15, 0.2) is 0 Å². The molecule has 0 aliphatic rings. The standard InChI is InChI=1S/C14H17ClN4O/c1-10-8-11(2)19(18-10)7-3-5-17-14(20)12-9-16-6-4-13(12)15/h4,6,8-9H,3,5,7H2,1-2H3,(H,17,20). The Morgan fingerprint density at radius 2 is 2.25 bits per heavy atom. The first-order chi connectivity index (χ1) is 9.58. The summed E-state index contributed by atoms with van der Waals surface area (Å²) in [6, 6.07) is 3.64. The zero-order valence-electron chi connectivity index (χ0n) is 11.6. The molecule has 2 aromatic heterocycles. The molecule has 20 heavy (non-hydrogen) atoms. The molecule has 0 atom stereocenters. The molecule has 0 aliphatic carbocycles. The van der Waals surface area contributed by atoms with Gasteiger partial charge in [0.2, 0.25) is 0 Å². The topological polar surface area (TPSA) is 59.8 Å².